The molecule has 0 aliphatic heterocycles. The van der Waals surface area contributed by atoms with Crippen LogP contribution in [0.25, 0.3) is 0 Å². The number of ether oxygens (including phenoxy) is 1. The van der Waals surface area contributed by atoms with E-state index in [9.17, 15) is 9.90 Å². The molecule has 0 amide bonds. The van der Waals surface area contributed by atoms with Crippen LogP contribution < -0.4 is 5.43 Å². The standard InChI is InChI=1S/C10H14O4/c1-7(2)5-13-6-9-10(12)8(11)3-4-14-9/h3-4,7,12H,5-6H2,1-2H3. The van der Waals surface area contributed by atoms with Crippen LogP contribution in [0.3, 0.4) is 0 Å². The van der Waals surface area contributed by atoms with Gasteiger partial charge in [-0.05, 0) is 5.92 Å². The number of rotatable bonds is 4. The normalized spacial score (nSPS) is 10.8. The molecule has 0 aliphatic carbocycles. The largest absolute Gasteiger partial charge is 0.502 e. The maximum Gasteiger partial charge on any atom is 0.226 e. The van der Waals surface area contributed by atoms with Crippen molar-refractivity contribution in [1.82, 2.24) is 0 Å². The van der Waals surface area contributed by atoms with E-state index in [4.69, 9.17) is 9.15 Å². The maximum atomic E-state index is 11.0. The average molecular weight is 198 g/mol. The van der Waals surface area contributed by atoms with Gasteiger partial charge in [0.25, 0.3) is 0 Å². The number of hydrogen-bond acceptors (Lipinski definition) is 4. The van der Waals surface area contributed by atoms with E-state index in [1.807, 2.05) is 13.8 Å². The van der Waals surface area contributed by atoms with Crippen molar-refractivity contribution in [2.75, 3.05) is 6.61 Å². The third-order valence-corrected chi connectivity index (χ3v) is 1.61. The zero-order chi connectivity index (χ0) is 10.6. The summed E-state index contributed by atoms with van der Waals surface area (Å²) in [4.78, 5) is 11.0. The molecular weight excluding hydrogens is 184 g/mol. The Bertz CT molecular complexity index is 340. The fourth-order valence-corrected chi connectivity index (χ4v) is 0.940. The van der Waals surface area contributed by atoms with E-state index in [2.05, 4.69) is 0 Å². The fourth-order valence-electron chi connectivity index (χ4n) is 0.940. The lowest BCUT2D eigenvalue weighted by Gasteiger charge is -2.06. The second kappa shape index (κ2) is 4.81. The molecule has 4 nitrogen and oxygen atoms in total. The van der Waals surface area contributed by atoms with Crippen LogP contribution in [0.2, 0.25) is 0 Å². The summed E-state index contributed by atoms with van der Waals surface area (Å²) in [5.41, 5.74) is -0.445. The molecule has 0 bridgehead atoms. The smallest absolute Gasteiger partial charge is 0.226 e. The van der Waals surface area contributed by atoms with E-state index < -0.39 is 5.43 Å². The number of aromatic hydroxyl groups is 1. The van der Waals surface area contributed by atoms with Gasteiger partial charge in [0.2, 0.25) is 11.2 Å². The highest BCUT2D eigenvalue weighted by Crippen LogP contribution is 2.11. The van der Waals surface area contributed by atoms with Gasteiger partial charge >= 0.3 is 0 Å². The van der Waals surface area contributed by atoms with Crippen molar-refractivity contribution < 1.29 is 14.3 Å². The molecule has 1 aromatic heterocycles. The van der Waals surface area contributed by atoms with Gasteiger partial charge in [0.15, 0.2) is 5.76 Å². The second-order valence-electron chi connectivity index (χ2n) is 3.47. The minimum atomic E-state index is -0.445. The zero-order valence-electron chi connectivity index (χ0n) is 8.32. The Labute approximate surface area is 82.1 Å². The molecule has 78 valence electrons. The molecule has 14 heavy (non-hydrogen) atoms. The van der Waals surface area contributed by atoms with Crippen LogP contribution in [0.4, 0.5) is 0 Å². The van der Waals surface area contributed by atoms with Gasteiger partial charge in [0.1, 0.15) is 6.61 Å². The van der Waals surface area contributed by atoms with Gasteiger partial charge in [-0.3, -0.25) is 4.79 Å². The molecule has 4 heteroatoms. The van der Waals surface area contributed by atoms with E-state index in [0.29, 0.717) is 12.5 Å². The van der Waals surface area contributed by atoms with Crippen molar-refractivity contribution in [3.8, 4) is 5.75 Å². The first-order valence-electron chi connectivity index (χ1n) is 4.48. The molecule has 0 fully saturated rings. The molecule has 0 unspecified atom stereocenters. The highest BCUT2D eigenvalue weighted by molar-refractivity contribution is 5.21. The van der Waals surface area contributed by atoms with E-state index in [1.54, 1.807) is 0 Å². The van der Waals surface area contributed by atoms with Gasteiger partial charge in [-0.2, -0.15) is 0 Å². The van der Waals surface area contributed by atoms with Crippen molar-refractivity contribution in [3.63, 3.8) is 0 Å². The highest BCUT2D eigenvalue weighted by atomic mass is 16.5. The predicted octanol–water partition coefficient (Wildman–Crippen LogP) is 1.52. The molecule has 0 atom stereocenters. The van der Waals surface area contributed by atoms with Crippen molar-refractivity contribution in [1.29, 1.82) is 0 Å². The van der Waals surface area contributed by atoms with Crippen LogP contribution in [0.1, 0.15) is 19.6 Å². The van der Waals surface area contributed by atoms with E-state index in [-0.39, 0.29) is 18.1 Å². The highest BCUT2D eigenvalue weighted by Gasteiger charge is 2.07. The summed E-state index contributed by atoms with van der Waals surface area (Å²) in [6.45, 7) is 4.72. The minimum absolute atomic E-state index is 0.125. The minimum Gasteiger partial charge on any atom is -0.502 e. The van der Waals surface area contributed by atoms with Gasteiger partial charge in [0.05, 0.1) is 6.26 Å². The summed E-state index contributed by atoms with van der Waals surface area (Å²) >= 11 is 0. The Balaban J connectivity index is 2.59. The fraction of sp³-hybridized carbons (Fsp3) is 0.500. The molecule has 0 spiro atoms. The molecule has 1 rings (SSSR count). The average Bonchev–Trinajstić information content (AvgIpc) is 2.12. The first-order valence-corrected chi connectivity index (χ1v) is 4.48. The van der Waals surface area contributed by atoms with Crippen LogP contribution in [0.15, 0.2) is 21.5 Å². The van der Waals surface area contributed by atoms with Crippen molar-refractivity contribution in [2.24, 2.45) is 5.92 Å². The van der Waals surface area contributed by atoms with Crippen molar-refractivity contribution in [3.05, 3.63) is 28.3 Å². The van der Waals surface area contributed by atoms with Crippen molar-refractivity contribution in [2.45, 2.75) is 20.5 Å². The van der Waals surface area contributed by atoms with Gasteiger partial charge < -0.3 is 14.3 Å². The summed E-state index contributed by atoms with van der Waals surface area (Å²) < 4.78 is 10.2. The lowest BCUT2D eigenvalue weighted by atomic mass is 10.2. The molecule has 0 aliphatic rings. The van der Waals surface area contributed by atoms with E-state index in [1.165, 1.54) is 12.3 Å². The van der Waals surface area contributed by atoms with Crippen molar-refractivity contribution >= 4 is 0 Å². The topological polar surface area (TPSA) is 59.7 Å². The Hall–Kier alpha value is -1.29. The van der Waals surface area contributed by atoms with Crippen LogP contribution in [-0.4, -0.2) is 11.7 Å². The molecule has 0 aromatic carbocycles. The van der Waals surface area contributed by atoms with Gasteiger partial charge in [-0.1, -0.05) is 13.8 Å². The summed E-state index contributed by atoms with van der Waals surface area (Å²) in [5.74, 6) is 0.224. The monoisotopic (exact) mass is 198 g/mol. The molecule has 0 radical (unpaired) electrons. The Morgan fingerprint density at radius 2 is 2.29 bits per heavy atom. The third kappa shape index (κ3) is 2.88. The molecule has 1 N–H and O–H groups in total. The second-order valence-corrected chi connectivity index (χ2v) is 3.47. The lowest BCUT2D eigenvalue weighted by Crippen LogP contribution is -2.05. The molecule has 1 heterocycles. The molecular formula is C10H14O4. The van der Waals surface area contributed by atoms with E-state index >= 15 is 0 Å². The summed E-state index contributed by atoms with van der Waals surface area (Å²) in [6, 6.07) is 1.17. The zero-order valence-corrected chi connectivity index (χ0v) is 8.32. The van der Waals surface area contributed by atoms with Crippen LogP contribution in [0.5, 0.6) is 5.75 Å². The maximum absolute atomic E-state index is 11.0. The van der Waals surface area contributed by atoms with Crippen LogP contribution in [-0.2, 0) is 11.3 Å². The number of hydrogen-bond donors (Lipinski definition) is 1. The molecule has 0 saturated carbocycles. The Kier molecular flexibility index (Phi) is 3.71. The quantitative estimate of drug-likeness (QED) is 0.796. The van der Waals surface area contributed by atoms with Crippen LogP contribution >= 0.6 is 0 Å². The van der Waals surface area contributed by atoms with E-state index in [0.717, 1.165) is 0 Å². The summed E-state index contributed by atoms with van der Waals surface area (Å²) in [6.07, 6.45) is 1.25. The first-order chi connectivity index (χ1) is 6.61. The third-order valence-electron chi connectivity index (χ3n) is 1.61. The molecule has 0 saturated heterocycles. The Morgan fingerprint density at radius 3 is 2.93 bits per heavy atom. The molecule has 1 aromatic rings. The lowest BCUT2D eigenvalue weighted by molar-refractivity contribution is 0.0810. The van der Waals surface area contributed by atoms with Crippen LogP contribution in [0, 0.1) is 5.92 Å². The van der Waals surface area contributed by atoms with Gasteiger partial charge in [0, 0.05) is 12.7 Å². The first kappa shape index (κ1) is 10.8. The SMILES string of the molecule is CC(C)COCc1occc(=O)c1O. The summed E-state index contributed by atoms with van der Waals surface area (Å²) in [7, 11) is 0. The predicted molar refractivity (Wildman–Crippen MR) is 51.1 cm³/mol. The summed E-state index contributed by atoms with van der Waals surface area (Å²) in [5, 5.41) is 9.28. The van der Waals surface area contributed by atoms with Gasteiger partial charge in [-0.15, -0.1) is 0 Å². The van der Waals surface area contributed by atoms with Gasteiger partial charge in [-0.25, -0.2) is 0 Å². The Morgan fingerprint density at radius 1 is 1.57 bits per heavy atom.